The predicted octanol–water partition coefficient (Wildman–Crippen LogP) is 8.63. The van der Waals surface area contributed by atoms with E-state index in [1.54, 1.807) is 0 Å². The van der Waals surface area contributed by atoms with Gasteiger partial charge in [0.1, 0.15) is 0 Å². The van der Waals surface area contributed by atoms with Crippen molar-refractivity contribution in [2.24, 2.45) is 5.41 Å². The zero-order chi connectivity index (χ0) is 33.1. The molecule has 0 fully saturated rings. The molecule has 0 aliphatic heterocycles. The number of benzene rings is 7. The summed E-state index contributed by atoms with van der Waals surface area (Å²) in [5.41, 5.74) is 5.24. The summed E-state index contributed by atoms with van der Waals surface area (Å²) in [6, 6.07) is 59.6. The van der Waals surface area contributed by atoms with Crippen molar-refractivity contribution in [3.63, 3.8) is 0 Å². The lowest BCUT2D eigenvalue weighted by atomic mass is 9.55. The Morgan fingerprint density at radius 2 is 0.959 bits per heavy atom. The molecule has 1 nitrogen and oxygen atoms in total. The van der Waals surface area contributed by atoms with E-state index >= 15 is 4.57 Å². The van der Waals surface area contributed by atoms with E-state index in [2.05, 4.69) is 140 Å². The number of allylic oxidation sites excluding steroid dienone is 2. The van der Waals surface area contributed by atoms with Gasteiger partial charge in [0.25, 0.3) is 0 Å². The third-order valence-electron chi connectivity index (χ3n) is 10.8. The largest absolute Gasteiger partial charge is 0.309 e. The van der Waals surface area contributed by atoms with Crippen LogP contribution in [0, 0.1) is 5.41 Å². The van der Waals surface area contributed by atoms with Gasteiger partial charge in [0.15, 0.2) is 7.14 Å². The monoisotopic (exact) mass is 646 g/mol. The van der Waals surface area contributed by atoms with E-state index in [9.17, 15) is 0 Å². The Bertz CT molecular complexity index is 2490. The maximum absolute atomic E-state index is 15.4. The summed E-state index contributed by atoms with van der Waals surface area (Å²) in [4.78, 5) is 0. The SMILES string of the molecule is CC1(C2(c3ccc(P(=O)(c4ccccc4)c4ccccc4)cc3)c3ccccc3-c3ccccc32)C=CC=c2cc3ccccc3cc2=C1. The molecule has 7 aromatic carbocycles. The first-order chi connectivity index (χ1) is 24.0. The molecule has 0 bridgehead atoms. The summed E-state index contributed by atoms with van der Waals surface area (Å²) in [6.07, 6.45) is 9.38. The molecule has 0 radical (unpaired) electrons. The fraction of sp³-hybridized carbons (Fsp3) is 0.0638. The number of fused-ring (bicyclic) bond motifs is 5. The summed E-state index contributed by atoms with van der Waals surface area (Å²) in [5, 5.41) is 7.43. The molecule has 7 aromatic rings. The maximum Gasteiger partial charge on any atom is 0.171 e. The van der Waals surface area contributed by atoms with Gasteiger partial charge in [-0.2, -0.15) is 0 Å². The van der Waals surface area contributed by atoms with Gasteiger partial charge in [-0.05, 0) is 61.2 Å². The van der Waals surface area contributed by atoms with Gasteiger partial charge in [0, 0.05) is 21.3 Å². The Balaban J connectivity index is 1.33. The molecule has 9 rings (SSSR count). The van der Waals surface area contributed by atoms with Crippen LogP contribution in [0.15, 0.2) is 182 Å². The fourth-order valence-electron chi connectivity index (χ4n) is 8.58. The third kappa shape index (κ3) is 4.36. The minimum absolute atomic E-state index is 0.468. The van der Waals surface area contributed by atoms with Gasteiger partial charge >= 0.3 is 0 Å². The van der Waals surface area contributed by atoms with Gasteiger partial charge in [0.05, 0.1) is 5.41 Å². The molecule has 0 spiro atoms. The minimum Gasteiger partial charge on any atom is -0.309 e. The highest BCUT2D eigenvalue weighted by molar-refractivity contribution is 7.85. The maximum atomic E-state index is 15.4. The van der Waals surface area contributed by atoms with Crippen molar-refractivity contribution >= 4 is 46.0 Å². The summed E-state index contributed by atoms with van der Waals surface area (Å²) in [6.45, 7) is 2.38. The zero-order valence-corrected chi connectivity index (χ0v) is 28.2. The smallest absolute Gasteiger partial charge is 0.171 e. The minimum atomic E-state index is -3.13. The van der Waals surface area contributed by atoms with Gasteiger partial charge in [-0.3, -0.25) is 0 Å². The molecule has 2 heteroatoms. The van der Waals surface area contributed by atoms with E-state index in [-0.39, 0.29) is 0 Å². The molecule has 0 amide bonds. The van der Waals surface area contributed by atoms with E-state index in [1.807, 2.05) is 60.7 Å². The van der Waals surface area contributed by atoms with Crippen LogP contribution in [0.1, 0.15) is 23.6 Å². The molecule has 1 atom stereocenters. The van der Waals surface area contributed by atoms with Crippen LogP contribution in [-0.2, 0) is 9.98 Å². The molecular weight excluding hydrogens is 611 g/mol. The standard InChI is InChI=1S/C47H35OP/c1-46(30-14-17-36-31-34-15-8-9-16-35(34)32-37(36)33-46)47(44-24-12-10-22-42(44)43-23-11-13-25-45(43)47)38-26-28-41(29-27-38)49(48,39-18-4-2-5-19-39)40-20-6-3-7-21-40/h2-33H,1H3. The van der Waals surface area contributed by atoms with Crippen LogP contribution in [0.4, 0.5) is 0 Å². The lowest BCUT2D eigenvalue weighted by Gasteiger charge is -2.46. The molecule has 49 heavy (non-hydrogen) atoms. The number of hydrogen-bond acceptors (Lipinski definition) is 1. The van der Waals surface area contributed by atoms with Gasteiger partial charge in [-0.15, -0.1) is 0 Å². The molecule has 0 heterocycles. The Labute approximate surface area is 287 Å². The van der Waals surface area contributed by atoms with Gasteiger partial charge in [-0.1, -0.05) is 189 Å². The lowest BCUT2D eigenvalue weighted by Crippen LogP contribution is -2.44. The molecule has 0 saturated heterocycles. The summed E-state index contributed by atoms with van der Waals surface area (Å²) in [7, 11) is -3.13. The molecule has 0 saturated carbocycles. The first-order valence-electron chi connectivity index (χ1n) is 17.0. The second kappa shape index (κ2) is 11.3. The first kappa shape index (κ1) is 29.6. The van der Waals surface area contributed by atoms with Crippen LogP contribution in [-0.4, -0.2) is 0 Å². The van der Waals surface area contributed by atoms with Crippen molar-refractivity contribution in [1.29, 1.82) is 0 Å². The molecule has 2 aliphatic carbocycles. The molecular formula is C47H35OP. The molecule has 0 N–H and O–H groups in total. The molecule has 234 valence electrons. The number of rotatable bonds is 5. The topological polar surface area (TPSA) is 17.1 Å². The van der Waals surface area contributed by atoms with E-state index < -0.39 is 18.0 Å². The quantitative estimate of drug-likeness (QED) is 0.171. The fourth-order valence-corrected chi connectivity index (χ4v) is 11.2. The highest BCUT2D eigenvalue weighted by atomic mass is 31.2. The van der Waals surface area contributed by atoms with Crippen LogP contribution in [0.2, 0.25) is 0 Å². The van der Waals surface area contributed by atoms with Crippen molar-refractivity contribution in [1.82, 2.24) is 0 Å². The summed E-state index contributed by atoms with van der Waals surface area (Å²) >= 11 is 0. The number of hydrogen-bond donors (Lipinski definition) is 0. The van der Waals surface area contributed by atoms with Gasteiger partial charge < -0.3 is 4.57 Å². The van der Waals surface area contributed by atoms with Crippen molar-refractivity contribution in [3.05, 3.63) is 209 Å². The molecule has 1 unspecified atom stereocenters. The summed E-state index contributed by atoms with van der Waals surface area (Å²) < 4.78 is 15.4. The second-order valence-corrected chi connectivity index (χ2v) is 16.2. The lowest BCUT2D eigenvalue weighted by molar-refractivity contribution is 0.400. The van der Waals surface area contributed by atoms with Crippen molar-refractivity contribution in [2.75, 3.05) is 0 Å². The Kier molecular flexibility index (Phi) is 6.83. The molecule has 2 aliphatic rings. The van der Waals surface area contributed by atoms with Crippen LogP contribution < -0.4 is 26.4 Å². The average Bonchev–Trinajstić information content (AvgIpc) is 3.36. The van der Waals surface area contributed by atoms with Gasteiger partial charge in [0.2, 0.25) is 0 Å². The van der Waals surface area contributed by atoms with Crippen molar-refractivity contribution in [2.45, 2.75) is 12.3 Å². The van der Waals surface area contributed by atoms with Crippen molar-refractivity contribution < 1.29 is 4.57 Å². The normalized spacial score (nSPS) is 17.2. The van der Waals surface area contributed by atoms with Gasteiger partial charge in [-0.25, -0.2) is 0 Å². The van der Waals surface area contributed by atoms with E-state index in [1.165, 1.54) is 49.0 Å². The van der Waals surface area contributed by atoms with Crippen LogP contribution in [0.3, 0.4) is 0 Å². The van der Waals surface area contributed by atoms with Crippen LogP contribution in [0.25, 0.3) is 34.1 Å². The molecule has 0 aromatic heterocycles. The van der Waals surface area contributed by atoms with Crippen molar-refractivity contribution in [3.8, 4) is 11.1 Å². The Morgan fingerprint density at radius 1 is 0.490 bits per heavy atom. The summed E-state index contributed by atoms with van der Waals surface area (Å²) in [5.74, 6) is 0. The van der Waals surface area contributed by atoms with E-state index in [0.29, 0.717) is 0 Å². The van der Waals surface area contributed by atoms with E-state index in [0.717, 1.165) is 15.9 Å². The van der Waals surface area contributed by atoms with Crippen LogP contribution in [0.5, 0.6) is 0 Å². The highest BCUT2D eigenvalue weighted by Crippen LogP contribution is 2.62. The second-order valence-electron chi connectivity index (χ2n) is 13.4. The first-order valence-corrected chi connectivity index (χ1v) is 18.7. The average molecular weight is 647 g/mol. The van der Waals surface area contributed by atoms with Crippen LogP contribution >= 0.6 is 7.14 Å². The Morgan fingerprint density at radius 3 is 1.53 bits per heavy atom. The van der Waals surface area contributed by atoms with E-state index in [4.69, 9.17) is 0 Å². The Hall–Kier alpha value is -5.49. The predicted molar refractivity (Wildman–Crippen MR) is 207 cm³/mol. The highest BCUT2D eigenvalue weighted by Gasteiger charge is 2.54. The third-order valence-corrected chi connectivity index (χ3v) is 13.9. The zero-order valence-electron chi connectivity index (χ0n) is 27.3.